The van der Waals surface area contributed by atoms with Gasteiger partial charge in [0.1, 0.15) is 5.15 Å². The fourth-order valence-electron chi connectivity index (χ4n) is 2.57. The third-order valence-corrected chi connectivity index (χ3v) is 3.79. The monoisotopic (exact) mass is 273 g/mol. The normalized spacial score (nSPS) is 13.8. The van der Waals surface area contributed by atoms with Crippen LogP contribution in [0.2, 0.25) is 5.15 Å². The highest BCUT2D eigenvalue weighted by Crippen LogP contribution is 2.38. The highest BCUT2D eigenvalue weighted by Gasteiger charge is 2.22. The molecule has 2 aromatic rings. The van der Waals surface area contributed by atoms with Gasteiger partial charge in [0.25, 0.3) is 0 Å². The Hall–Kier alpha value is -1.74. The zero-order valence-electron chi connectivity index (χ0n) is 11.1. The minimum Gasteiger partial charge on any atom is -0.364 e. The van der Waals surface area contributed by atoms with E-state index in [2.05, 4.69) is 52.0 Å². The Labute approximate surface area is 118 Å². The van der Waals surface area contributed by atoms with E-state index in [1.807, 2.05) is 13.1 Å². The largest absolute Gasteiger partial charge is 0.364 e. The summed E-state index contributed by atoms with van der Waals surface area (Å²) in [5.41, 5.74) is 3.63. The molecular weight excluding hydrogens is 258 g/mol. The number of hydrogen-bond donors (Lipinski definition) is 0. The lowest BCUT2D eigenvalue weighted by Crippen LogP contribution is -2.21. The molecule has 0 spiro atoms. The molecule has 0 fully saturated rings. The number of benzene rings is 1. The lowest BCUT2D eigenvalue weighted by Gasteiger charge is -2.23. The molecule has 0 saturated heterocycles. The van der Waals surface area contributed by atoms with Crippen molar-refractivity contribution >= 4 is 28.8 Å². The SMILES string of the molecule is CCN1Cc2ccccc2N(C)c2nc(Cl)ccc21. The first-order chi connectivity index (χ1) is 9.20. The van der Waals surface area contributed by atoms with E-state index >= 15 is 0 Å². The molecule has 3 nitrogen and oxygen atoms in total. The zero-order valence-corrected chi connectivity index (χ0v) is 11.9. The van der Waals surface area contributed by atoms with Gasteiger partial charge in [-0.25, -0.2) is 4.98 Å². The first kappa shape index (κ1) is 12.3. The molecule has 0 radical (unpaired) electrons. The molecule has 0 atom stereocenters. The number of anilines is 3. The lowest BCUT2D eigenvalue weighted by molar-refractivity contribution is 0.838. The van der Waals surface area contributed by atoms with Crippen molar-refractivity contribution in [3.63, 3.8) is 0 Å². The van der Waals surface area contributed by atoms with Crippen molar-refractivity contribution in [2.24, 2.45) is 0 Å². The van der Waals surface area contributed by atoms with Crippen molar-refractivity contribution in [1.29, 1.82) is 0 Å². The number of hydrogen-bond acceptors (Lipinski definition) is 3. The summed E-state index contributed by atoms with van der Waals surface area (Å²) in [6.45, 7) is 4.00. The van der Waals surface area contributed by atoms with Gasteiger partial charge in [-0.2, -0.15) is 0 Å². The van der Waals surface area contributed by atoms with E-state index in [-0.39, 0.29) is 0 Å². The number of para-hydroxylation sites is 1. The van der Waals surface area contributed by atoms with Crippen molar-refractivity contribution in [2.75, 3.05) is 23.4 Å². The van der Waals surface area contributed by atoms with Crippen LogP contribution in [-0.2, 0) is 6.54 Å². The van der Waals surface area contributed by atoms with Crippen LogP contribution < -0.4 is 9.80 Å². The fraction of sp³-hybridized carbons (Fsp3) is 0.267. The van der Waals surface area contributed by atoms with Gasteiger partial charge in [-0.1, -0.05) is 29.8 Å². The molecule has 1 aliphatic rings. The molecule has 3 rings (SSSR count). The van der Waals surface area contributed by atoms with Crippen LogP contribution in [-0.4, -0.2) is 18.6 Å². The highest BCUT2D eigenvalue weighted by atomic mass is 35.5. The van der Waals surface area contributed by atoms with E-state index in [1.165, 1.54) is 11.3 Å². The number of rotatable bonds is 1. The molecular formula is C15H16ClN3. The third kappa shape index (κ3) is 2.04. The minimum absolute atomic E-state index is 0.529. The van der Waals surface area contributed by atoms with Crippen LogP contribution in [0.4, 0.5) is 17.2 Å². The first-order valence-electron chi connectivity index (χ1n) is 6.44. The molecule has 0 saturated carbocycles. The van der Waals surface area contributed by atoms with Crippen molar-refractivity contribution in [1.82, 2.24) is 4.98 Å². The van der Waals surface area contributed by atoms with Gasteiger partial charge >= 0.3 is 0 Å². The van der Waals surface area contributed by atoms with Crippen LogP contribution in [0.1, 0.15) is 12.5 Å². The molecule has 0 N–H and O–H groups in total. The summed E-state index contributed by atoms with van der Waals surface area (Å²) in [5, 5.41) is 0.529. The average molecular weight is 274 g/mol. The molecule has 2 heterocycles. The third-order valence-electron chi connectivity index (χ3n) is 3.57. The Balaban J connectivity index is 2.22. The summed E-state index contributed by atoms with van der Waals surface area (Å²) in [5.74, 6) is 0.916. The molecule has 19 heavy (non-hydrogen) atoms. The first-order valence-corrected chi connectivity index (χ1v) is 6.81. The fourth-order valence-corrected chi connectivity index (χ4v) is 2.71. The van der Waals surface area contributed by atoms with Crippen LogP contribution in [0.3, 0.4) is 0 Å². The van der Waals surface area contributed by atoms with Crippen molar-refractivity contribution in [2.45, 2.75) is 13.5 Å². The molecule has 0 amide bonds. The molecule has 1 aromatic carbocycles. The quantitative estimate of drug-likeness (QED) is 0.736. The van der Waals surface area contributed by atoms with Crippen molar-refractivity contribution in [3.05, 3.63) is 47.1 Å². The number of halogens is 1. The molecule has 0 unspecified atom stereocenters. The predicted octanol–water partition coefficient (Wildman–Crippen LogP) is 3.84. The summed E-state index contributed by atoms with van der Waals surface area (Å²) >= 11 is 6.06. The molecule has 0 bridgehead atoms. The van der Waals surface area contributed by atoms with Gasteiger partial charge in [0.2, 0.25) is 0 Å². The van der Waals surface area contributed by atoms with E-state index < -0.39 is 0 Å². The van der Waals surface area contributed by atoms with Gasteiger partial charge in [-0.05, 0) is 30.7 Å². The maximum absolute atomic E-state index is 6.06. The average Bonchev–Trinajstić information content (AvgIpc) is 2.55. The molecule has 4 heteroatoms. The molecule has 1 aromatic heterocycles. The summed E-state index contributed by atoms with van der Waals surface area (Å²) in [6.07, 6.45) is 0. The standard InChI is InChI=1S/C15H16ClN3/c1-3-19-10-11-6-4-5-7-12(11)18(2)15-13(19)8-9-14(16)17-15/h4-9H,3,10H2,1-2H3. The van der Waals surface area contributed by atoms with Gasteiger partial charge in [-0.3, -0.25) is 0 Å². The van der Waals surface area contributed by atoms with Crippen LogP contribution in [0, 0.1) is 0 Å². The second-order valence-corrected chi connectivity index (χ2v) is 5.07. The molecule has 98 valence electrons. The Bertz CT molecular complexity index is 612. The Morgan fingerprint density at radius 3 is 2.74 bits per heavy atom. The van der Waals surface area contributed by atoms with Crippen LogP contribution >= 0.6 is 11.6 Å². The number of nitrogens with zero attached hydrogens (tertiary/aromatic N) is 3. The Morgan fingerprint density at radius 1 is 1.16 bits per heavy atom. The van der Waals surface area contributed by atoms with E-state index in [0.29, 0.717) is 5.15 Å². The van der Waals surface area contributed by atoms with Gasteiger partial charge in [0.05, 0.1) is 5.69 Å². The molecule has 1 aliphatic heterocycles. The van der Waals surface area contributed by atoms with Crippen LogP contribution in [0.5, 0.6) is 0 Å². The highest BCUT2D eigenvalue weighted by molar-refractivity contribution is 6.29. The smallest absolute Gasteiger partial charge is 0.158 e. The molecule has 0 aliphatic carbocycles. The summed E-state index contributed by atoms with van der Waals surface area (Å²) in [4.78, 5) is 8.94. The van der Waals surface area contributed by atoms with Gasteiger partial charge < -0.3 is 9.80 Å². The summed E-state index contributed by atoms with van der Waals surface area (Å²) < 4.78 is 0. The van der Waals surface area contributed by atoms with Crippen molar-refractivity contribution in [3.8, 4) is 0 Å². The zero-order chi connectivity index (χ0) is 13.4. The van der Waals surface area contributed by atoms with Gasteiger partial charge in [0, 0.05) is 25.8 Å². The van der Waals surface area contributed by atoms with Gasteiger partial charge in [-0.15, -0.1) is 0 Å². The van der Waals surface area contributed by atoms with E-state index in [4.69, 9.17) is 11.6 Å². The number of fused-ring (bicyclic) bond motifs is 2. The van der Waals surface area contributed by atoms with Crippen molar-refractivity contribution < 1.29 is 0 Å². The minimum atomic E-state index is 0.529. The Morgan fingerprint density at radius 2 is 1.95 bits per heavy atom. The second-order valence-electron chi connectivity index (χ2n) is 4.68. The van der Waals surface area contributed by atoms with Crippen LogP contribution in [0.25, 0.3) is 0 Å². The van der Waals surface area contributed by atoms with E-state index in [0.717, 1.165) is 24.6 Å². The van der Waals surface area contributed by atoms with Gasteiger partial charge in [0.15, 0.2) is 5.82 Å². The number of aromatic nitrogens is 1. The maximum atomic E-state index is 6.06. The summed E-state index contributed by atoms with van der Waals surface area (Å²) in [7, 11) is 2.04. The van der Waals surface area contributed by atoms with E-state index in [1.54, 1.807) is 0 Å². The lowest BCUT2D eigenvalue weighted by atomic mass is 10.1. The number of pyridine rings is 1. The Kier molecular flexibility index (Phi) is 3.07. The summed E-state index contributed by atoms with van der Waals surface area (Å²) in [6, 6.07) is 12.3. The van der Waals surface area contributed by atoms with Crippen LogP contribution in [0.15, 0.2) is 36.4 Å². The topological polar surface area (TPSA) is 19.4 Å². The predicted molar refractivity (Wildman–Crippen MR) is 80.5 cm³/mol. The second kappa shape index (κ2) is 4.74. The maximum Gasteiger partial charge on any atom is 0.158 e. The van der Waals surface area contributed by atoms with E-state index in [9.17, 15) is 0 Å².